The number of hydrogen-bond donors (Lipinski definition) is 0. The molecule has 2 bridgehead atoms. The molecule has 0 aliphatic carbocycles. The summed E-state index contributed by atoms with van der Waals surface area (Å²) in [7, 11) is 0. The third-order valence-corrected chi connectivity index (χ3v) is 6.20. The lowest BCUT2D eigenvalue weighted by Crippen LogP contribution is -2.66. The van der Waals surface area contributed by atoms with Crippen LogP contribution in [0, 0.1) is 11.8 Å². The molecule has 19 heavy (non-hydrogen) atoms. The maximum Gasteiger partial charge on any atom is 0.228 e. The van der Waals surface area contributed by atoms with Crippen molar-refractivity contribution in [3.05, 3.63) is 0 Å². The summed E-state index contributed by atoms with van der Waals surface area (Å²) in [5.74, 6) is 1.36. The number of piperidine rings is 4. The molecule has 4 heterocycles. The number of thiocarbonyl (C=S) groups is 1. The summed E-state index contributed by atoms with van der Waals surface area (Å²) in [6, 6.07) is 0.941. The lowest BCUT2D eigenvalue weighted by atomic mass is 9.70. The fourth-order valence-electron chi connectivity index (χ4n) is 4.89. The summed E-state index contributed by atoms with van der Waals surface area (Å²) in [5.41, 5.74) is 0. The third-order valence-electron chi connectivity index (χ3n) is 5.76. The third kappa shape index (κ3) is 1.75. The zero-order valence-corrected chi connectivity index (χ0v) is 12.2. The average Bonchev–Trinajstić information content (AvgIpc) is 2.45. The van der Waals surface area contributed by atoms with Gasteiger partial charge in [0.1, 0.15) is 0 Å². The predicted octanol–water partition coefficient (Wildman–Crippen LogP) is 2.20. The minimum atomic E-state index is 0.242. The van der Waals surface area contributed by atoms with Crippen LogP contribution < -0.4 is 0 Å². The zero-order valence-electron chi connectivity index (χ0n) is 11.4. The normalized spacial score (nSPS) is 41.9. The number of carbonyl (C=O) groups is 1. The largest absolute Gasteiger partial charge is 0.362 e. The molecule has 0 aromatic carbocycles. The van der Waals surface area contributed by atoms with E-state index >= 15 is 0 Å². The molecule has 4 aliphatic rings. The van der Waals surface area contributed by atoms with Gasteiger partial charge in [0.15, 0.2) is 0 Å². The minimum absolute atomic E-state index is 0.242. The van der Waals surface area contributed by atoms with E-state index in [9.17, 15) is 4.79 Å². The van der Waals surface area contributed by atoms with Gasteiger partial charge >= 0.3 is 0 Å². The van der Waals surface area contributed by atoms with E-state index in [1.807, 2.05) is 0 Å². The van der Waals surface area contributed by atoms with Crippen LogP contribution in [0.1, 0.15) is 44.9 Å². The van der Waals surface area contributed by atoms with Gasteiger partial charge in [-0.2, -0.15) is 0 Å². The van der Waals surface area contributed by atoms with Crippen molar-refractivity contribution in [2.45, 2.75) is 57.0 Å². The molecule has 4 atom stereocenters. The number of nitrogens with zero attached hydrogens (tertiary/aromatic N) is 2. The van der Waals surface area contributed by atoms with E-state index < -0.39 is 0 Å². The van der Waals surface area contributed by atoms with Crippen molar-refractivity contribution >= 4 is 23.1 Å². The Balaban J connectivity index is 1.66. The van der Waals surface area contributed by atoms with Crippen LogP contribution in [0.4, 0.5) is 0 Å². The van der Waals surface area contributed by atoms with Crippen molar-refractivity contribution in [1.82, 2.24) is 9.80 Å². The molecule has 4 rings (SSSR count). The molecule has 0 saturated carbocycles. The minimum Gasteiger partial charge on any atom is -0.362 e. The van der Waals surface area contributed by atoms with E-state index in [-0.39, 0.29) is 5.92 Å². The second-order valence-corrected chi connectivity index (χ2v) is 7.17. The number of hydrogen-bond acceptors (Lipinski definition) is 2. The zero-order chi connectivity index (χ0) is 13.0. The predicted molar refractivity (Wildman–Crippen MR) is 77.9 cm³/mol. The van der Waals surface area contributed by atoms with Crippen molar-refractivity contribution in [3.8, 4) is 0 Å². The van der Waals surface area contributed by atoms with Crippen molar-refractivity contribution in [1.29, 1.82) is 0 Å². The maximum absolute atomic E-state index is 12.8. The Morgan fingerprint density at radius 3 is 2.79 bits per heavy atom. The average molecular weight is 278 g/mol. The highest BCUT2D eigenvalue weighted by Gasteiger charge is 2.51. The quantitative estimate of drug-likeness (QED) is 0.635. The lowest BCUT2D eigenvalue weighted by molar-refractivity contribution is -0.155. The highest BCUT2D eigenvalue weighted by molar-refractivity contribution is 7.80. The molecule has 104 valence electrons. The van der Waals surface area contributed by atoms with Gasteiger partial charge in [-0.3, -0.25) is 4.79 Å². The molecule has 0 radical (unpaired) electrons. The molecule has 4 heteroatoms. The topological polar surface area (TPSA) is 23.6 Å². The Bertz CT molecular complexity index is 424. The van der Waals surface area contributed by atoms with E-state index in [2.05, 4.69) is 9.80 Å². The smallest absolute Gasteiger partial charge is 0.228 e. The van der Waals surface area contributed by atoms with Crippen molar-refractivity contribution in [3.63, 3.8) is 0 Å². The van der Waals surface area contributed by atoms with Crippen LogP contribution in [0.3, 0.4) is 0 Å². The highest BCUT2D eigenvalue weighted by atomic mass is 32.1. The number of rotatable bonds is 0. The molecule has 0 aromatic heterocycles. The first kappa shape index (κ1) is 12.1. The lowest BCUT2D eigenvalue weighted by Gasteiger charge is -2.56. The Labute approximate surface area is 120 Å². The fourth-order valence-corrected chi connectivity index (χ4v) is 5.25. The number of carbonyl (C=O) groups excluding carboxylic acids is 1. The maximum atomic E-state index is 12.8. The summed E-state index contributed by atoms with van der Waals surface area (Å²) in [4.78, 5) is 18.6. The number of fused-ring (bicyclic) bond motifs is 6. The summed E-state index contributed by atoms with van der Waals surface area (Å²) in [6.45, 7) is 2.13. The molecule has 4 fully saturated rings. The van der Waals surface area contributed by atoms with Gasteiger partial charge in [0, 0.05) is 25.2 Å². The second kappa shape index (κ2) is 4.44. The van der Waals surface area contributed by atoms with E-state index in [0.717, 1.165) is 30.9 Å². The first-order chi connectivity index (χ1) is 9.25. The summed E-state index contributed by atoms with van der Waals surface area (Å²) in [5, 5.41) is 0. The van der Waals surface area contributed by atoms with Gasteiger partial charge < -0.3 is 9.80 Å². The van der Waals surface area contributed by atoms with Gasteiger partial charge in [0.05, 0.1) is 10.9 Å². The van der Waals surface area contributed by atoms with Crippen LogP contribution in [0.15, 0.2) is 0 Å². The van der Waals surface area contributed by atoms with Gasteiger partial charge in [-0.25, -0.2) is 0 Å². The second-order valence-electron chi connectivity index (χ2n) is 6.70. The van der Waals surface area contributed by atoms with Gasteiger partial charge in [-0.1, -0.05) is 12.2 Å². The Morgan fingerprint density at radius 2 is 1.89 bits per heavy atom. The van der Waals surface area contributed by atoms with Crippen molar-refractivity contribution in [2.24, 2.45) is 11.8 Å². The summed E-state index contributed by atoms with van der Waals surface area (Å²) >= 11 is 5.57. The molecular formula is C15H22N2OS. The van der Waals surface area contributed by atoms with E-state index in [0.29, 0.717) is 23.9 Å². The Kier molecular flexibility index (Phi) is 2.83. The van der Waals surface area contributed by atoms with Gasteiger partial charge in [-0.05, 0) is 50.9 Å². The molecule has 3 nitrogen and oxygen atoms in total. The Morgan fingerprint density at radius 1 is 1.05 bits per heavy atom. The van der Waals surface area contributed by atoms with Crippen molar-refractivity contribution in [2.75, 3.05) is 13.1 Å². The SMILES string of the molecule is O=C1[C@@H]2C[C@@H](CN3C(=S)CCC[C@H]23)[C@@H]2CCCCN12. The van der Waals surface area contributed by atoms with E-state index in [1.165, 1.54) is 32.1 Å². The molecule has 0 aromatic rings. The molecule has 0 unspecified atom stereocenters. The van der Waals surface area contributed by atoms with Crippen LogP contribution >= 0.6 is 12.2 Å². The van der Waals surface area contributed by atoms with E-state index in [1.54, 1.807) is 0 Å². The van der Waals surface area contributed by atoms with Crippen LogP contribution in [-0.2, 0) is 4.79 Å². The first-order valence-electron chi connectivity index (χ1n) is 7.85. The highest BCUT2D eigenvalue weighted by Crippen LogP contribution is 2.43. The molecule has 0 spiro atoms. The van der Waals surface area contributed by atoms with Crippen molar-refractivity contribution < 1.29 is 4.79 Å². The Hall–Kier alpha value is -0.640. The van der Waals surface area contributed by atoms with Crippen LogP contribution in [0.25, 0.3) is 0 Å². The summed E-state index contributed by atoms with van der Waals surface area (Å²) in [6.07, 6.45) is 8.25. The van der Waals surface area contributed by atoms with Gasteiger partial charge in [0.2, 0.25) is 5.91 Å². The van der Waals surface area contributed by atoms with Gasteiger partial charge in [-0.15, -0.1) is 0 Å². The van der Waals surface area contributed by atoms with Gasteiger partial charge in [0.25, 0.3) is 0 Å². The van der Waals surface area contributed by atoms with Crippen LogP contribution in [0.5, 0.6) is 0 Å². The fraction of sp³-hybridized carbons (Fsp3) is 0.867. The molecule has 4 aliphatic heterocycles. The molecule has 0 N–H and O–H groups in total. The van der Waals surface area contributed by atoms with Crippen LogP contribution in [-0.4, -0.2) is 45.9 Å². The monoisotopic (exact) mass is 278 g/mol. The number of amides is 1. The standard InChI is InChI=1S/C15H22N2OS/c18-15-11-8-10(12-4-1-2-7-16(12)15)9-17-13(11)5-3-6-14(17)19/h10-13H,1-9H2/t10-,11+,12-,13+/m0/s1. The summed E-state index contributed by atoms with van der Waals surface area (Å²) < 4.78 is 0. The van der Waals surface area contributed by atoms with E-state index in [4.69, 9.17) is 12.2 Å². The van der Waals surface area contributed by atoms with Crippen LogP contribution in [0.2, 0.25) is 0 Å². The molecule has 4 saturated heterocycles. The molecular weight excluding hydrogens is 256 g/mol. The first-order valence-corrected chi connectivity index (χ1v) is 8.26. The molecule has 1 amide bonds.